The van der Waals surface area contributed by atoms with Gasteiger partial charge < -0.3 is 29.3 Å². The van der Waals surface area contributed by atoms with E-state index in [2.05, 4.69) is 47.0 Å². The zero-order valence-electron chi connectivity index (χ0n) is 17.7. The van der Waals surface area contributed by atoms with Crippen LogP contribution in [0.4, 0.5) is 0 Å². The number of quaternary nitrogens is 2. The van der Waals surface area contributed by atoms with Gasteiger partial charge in [-0.05, 0) is 42.0 Å². The molecule has 3 aromatic rings. The Balaban J connectivity index is 1.51. The zero-order valence-corrected chi connectivity index (χ0v) is 17.7. The van der Waals surface area contributed by atoms with Gasteiger partial charge in [0.05, 0.1) is 20.3 Å². The first-order chi connectivity index (χ1) is 14.7. The number of aliphatic hydroxyl groups excluding tert-OH is 2. The largest absolute Gasteiger partial charge is 0.497 e. The molecule has 6 nitrogen and oxygen atoms in total. The minimum atomic E-state index is -0.410. The summed E-state index contributed by atoms with van der Waals surface area (Å²) in [5, 5.41) is 21.3. The maximum absolute atomic E-state index is 10.9. The fraction of sp³-hybridized carbons (Fsp3) is 0.417. The van der Waals surface area contributed by atoms with Gasteiger partial charge >= 0.3 is 0 Å². The van der Waals surface area contributed by atoms with E-state index in [-0.39, 0.29) is 6.61 Å². The highest BCUT2D eigenvalue weighted by atomic mass is 16.5. The smallest absolute Gasteiger partial charge is 0.127 e. The first-order valence-electron chi connectivity index (χ1n) is 10.9. The van der Waals surface area contributed by atoms with Crippen molar-refractivity contribution in [1.29, 1.82) is 0 Å². The van der Waals surface area contributed by atoms with Gasteiger partial charge in [0.15, 0.2) is 0 Å². The third kappa shape index (κ3) is 4.68. The average Bonchev–Trinajstić information content (AvgIpc) is 3.14. The second-order valence-corrected chi connectivity index (χ2v) is 8.26. The van der Waals surface area contributed by atoms with Crippen LogP contribution in [0.1, 0.15) is 0 Å². The molecular weight excluding hydrogens is 378 g/mol. The van der Waals surface area contributed by atoms with Gasteiger partial charge in [0.1, 0.15) is 51.1 Å². The fourth-order valence-electron chi connectivity index (χ4n) is 4.59. The maximum Gasteiger partial charge on any atom is 0.127 e. The van der Waals surface area contributed by atoms with E-state index >= 15 is 0 Å². The number of piperazine rings is 1. The fourth-order valence-corrected chi connectivity index (χ4v) is 4.59. The van der Waals surface area contributed by atoms with E-state index in [1.54, 1.807) is 7.11 Å². The van der Waals surface area contributed by atoms with Crippen LogP contribution < -0.4 is 14.5 Å². The summed E-state index contributed by atoms with van der Waals surface area (Å²) in [5.41, 5.74) is 3.38. The lowest BCUT2D eigenvalue weighted by atomic mass is 10.1. The number of ether oxygens (including phenoxy) is 1. The van der Waals surface area contributed by atoms with Gasteiger partial charge in [-0.1, -0.05) is 18.2 Å². The molecule has 30 heavy (non-hydrogen) atoms. The molecule has 0 saturated carbocycles. The first kappa shape index (κ1) is 20.9. The van der Waals surface area contributed by atoms with E-state index in [1.165, 1.54) is 15.2 Å². The second kappa shape index (κ2) is 9.62. The van der Waals surface area contributed by atoms with E-state index in [0.717, 1.165) is 61.8 Å². The van der Waals surface area contributed by atoms with Crippen LogP contribution in [-0.4, -0.2) is 73.9 Å². The molecule has 0 radical (unpaired) electrons. The molecular formula is C24H33N3O3+2. The number of aromatic nitrogens is 1. The van der Waals surface area contributed by atoms with Crippen molar-refractivity contribution in [2.45, 2.75) is 12.6 Å². The summed E-state index contributed by atoms with van der Waals surface area (Å²) >= 11 is 0. The number of rotatable bonds is 8. The van der Waals surface area contributed by atoms with E-state index in [1.807, 2.05) is 12.1 Å². The highest BCUT2D eigenvalue weighted by molar-refractivity contribution is 5.87. The molecule has 0 aliphatic carbocycles. The summed E-state index contributed by atoms with van der Waals surface area (Å²) in [4.78, 5) is 2.92. The molecule has 0 amide bonds. The Hall–Kier alpha value is -2.38. The van der Waals surface area contributed by atoms with Crippen molar-refractivity contribution in [2.24, 2.45) is 0 Å². The van der Waals surface area contributed by atoms with Crippen LogP contribution in [0.25, 0.3) is 22.2 Å². The third-order valence-corrected chi connectivity index (χ3v) is 6.24. The lowest BCUT2D eigenvalue weighted by Crippen LogP contribution is -3.28. The first-order valence-corrected chi connectivity index (χ1v) is 10.9. The standard InChI is InChI=1S/C24H31N3O3/c1-30-22-8-6-19(7-9-22)24-16-20-4-2-3-5-23(20)27(24)18-21(29)17-26-12-10-25(11-13-26)14-15-28/h2-9,16,21,28-29H,10-15,17-18H2,1H3/p+2/t21-/m0/s1. The summed E-state index contributed by atoms with van der Waals surface area (Å²) in [6.07, 6.45) is -0.410. The number of hydrogen-bond acceptors (Lipinski definition) is 3. The summed E-state index contributed by atoms with van der Waals surface area (Å²) in [5.74, 6) is 0.840. The van der Waals surface area contributed by atoms with E-state index < -0.39 is 6.10 Å². The van der Waals surface area contributed by atoms with E-state index in [0.29, 0.717) is 6.54 Å². The van der Waals surface area contributed by atoms with Gasteiger partial charge in [-0.15, -0.1) is 0 Å². The molecule has 1 saturated heterocycles. The van der Waals surface area contributed by atoms with Crippen molar-refractivity contribution in [3.8, 4) is 17.0 Å². The predicted octanol–water partition coefficient (Wildman–Crippen LogP) is -0.546. The van der Waals surface area contributed by atoms with Crippen molar-refractivity contribution < 1.29 is 24.7 Å². The van der Waals surface area contributed by atoms with Gasteiger partial charge in [-0.2, -0.15) is 0 Å². The summed E-state index contributed by atoms with van der Waals surface area (Å²) in [6, 6.07) is 18.7. The van der Waals surface area contributed by atoms with Crippen molar-refractivity contribution in [2.75, 3.05) is 53.0 Å². The van der Waals surface area contributed by atoms with Gasteiger partial charge in [-0.3, -0.25) is 0 Å². The predicted molar refractivity (Wildman–Crippen MR) is 118 cm³/mol. The number of aliphatic hydroxyl groups is 2. The summed E-state index contributed by atoms with van der Waals surface area (Å²) in [7, 11) is 1.68. The number of methoxy groups -OCH3 is 1. The quantitative estimate of drug-likeness (QED) is 0.402. The molecule has 6 heteroatoms. The molecule has 4 N–H and O–H groups in total. The molecule has 160 valence electrons. The maximum atomic E-state index is 10.9. The molecule has 2 heterocycles. The Morgan fingerprint density at radius 2 is 1.70 bits per heavy atom. The Morgan fingerprint density at radius 3 is 2.40 bits per heavy atom. The summed E-state index contributed by atoms with van der Waals surface area (Å²) in [6.45, 7) is 6.62. The molecule has 1 fully saturated rings. The minimum absolute atomic E-state index is 0.252. The minimum Gasteiger partial charge on any atom is -0.497 e. The molecule has 4 rings (SSSR count). The van der Waals surface area contributed by atoms with E-state index in [9.17, 15) is 5.11 Å². The van der Waals surface area contributed by atoms with Crippen molar-refractivity contribution in [1.82, 2.24) is 4.57 Å². The van der Waals surface area contributed by atoms with Crippen molar-refractivity contribution >= 4 is 10.9 Å². The molecule has 0 bridgehead atoms. The molecule has 2 aromatic carbocycles. The number of nitrogens with zero attached hydrogens (tertiary/aromatic N) is 1. The third-order valence-electron chi connectivity index (χ3n) is 6.24. The Labute approximate surface area is 177 Å². The van der Waals surface area contributed by atoms with Crippen LogP contribution in [0, 0.1) is 0 Å². The van der Waals surface area contributed by atoms with Crippen LogP contribution in [0.5, 0.6) is 5.75 Å². The number of hydrogen-bond donors (Lipinski definition) is 4. The zero-order chi connectivity index (χ0) is 20.9. The molecule has 1 atom stereocenters. The Kier molecular flexibility index (Phi) is 6.69. The van der Waals surface area contributed by atoms with Gasteiger partial charge in [0.25, 0.3) is 0 Å². The molecule has 0 unspecified atom stereocenters. The van der Waals surface area contributed by atoms with E-state index in [4.69, 9.17) is 9.84 Å². The SMILES string of the molecule is COc1ccc(-c2cc3ccccc3n2C[C@@H](O)C[NH+]2CC[NH+](CCO)CC2)cc1. The lowest BCUT2D eigenvalue weighted by Gasteiger charge is -2.30. The second-order valence-electron chi connectivity index (χ2n) is 8.26. The Morgan fingerprint density at radius 1 is 1.00 bits per heavy atom. The molecule has 0 spiro atoms. The monoisotopic (exact) mass is 411 g/mol. The number of nitrogens with one attached hydrogen (secondary N) is 2. The highest BCUT2D eigenvalue weighted by Crippen LogP contribution is 2.29. The number of fused-ring (bicyclic) bond motifs is 1. The van der Waals surface area contributed by atoms with Crippen LogP contribution >= 0.6 is 0 Å². The van der Waals surface area contributed by atoms with Crippen LogP contribution in [0.15, 0.2) is 54.6 Å². The number of benzene rings is 2. The van der Waals surface area contributed by atoms with Crippen LogP contribution in [-0.2, 0) is 6.54 Å². The Bertz CT molecular complexity index is 946. The highest BCUT2D eigenvalue weighted by Gasteiger charge is 2.25. The van der Waals surface area contributed by atoms with Gasteiger partial charge in [-0.25, -0.2) is 0 Å². The van der Waals surface area contributed by atoms with Gasteiger partial charge in [0.2, 0.25) is 0 Å². The van der Waals surface area contributed by atoms with Crippen LogP contribution in [0.2, 0.25) is 0 Å². The molecule has 1 aromatic heterocycles. The molecule has 1 aliphatic rings. The lowest BCUT2D eigenvalue weighted by molar-refractivity contribution is -1.01. The topological polar surface area (TPSA) is 63.5 Å². The molecule has 1 aliphatic heterocycles. The average molecular weight is 412 g/mol. The van der Waals surface area contributed by atoms with Gasteiger partial charge in [0, 0.05) is 16.6 Å². The normalized spacial score (nSPS) is 20.4. The van der Waals surface area contributed by atoms with Crippen molar-refractivity contribution in [3.63, 3.8) is 0 Å². The summed E-state index contributed by atoms with van der Waals surface area (Å²) < 4.78 is 7.55. The van der Waals surface area contributed by atoms with Crippen LogP contribution in [0.3, 0.4) is 0 Å². The van der Waals surface area contributed by atoms with Crippen molar-refractivity contribution in [3.05, 3.63) is 54.6 Å². The number of para-hydroxylation sites is 1.